The third-order valence-electron chi connectivity index (χ3n) is 4.11. The Bertz CT molecular complexity index is 427. The molecule has 1 aliphatic rings. The van der Waals surface area contributed by atoms with Crippen LogP contribution in [0.3, 0.4) is 0 Å². The van der Waals surface area contributed by atoms with Gasteiger partial charge in [0.15, 0.2) is 0 Å². The van der Waals surface area contributed by atoms with Crippen molar-refractivity contribution >= 4 is 0 Å². The molecular weight excluding hydrogens is 222 g/mol. The van der Waals surface area contributed by atoms with Crippen molar-refractivity contribution in [3.8, 4) is 6.07 Å². The second kappa shape index (κ2) is 6.06. The van der Waals surface area contributed by atoms with Crippen molar-refractivity contribution in [1.82, 2.24) is 9.88 Å². The molecule has 1 N–H and O–H groups in total. The fraction of sp³-hybridized carbons (Fsp3) is 0.667. The van der Waals surface area contributed by atoms with Crippen molar-refractivity contribution < 1.29 is 0 Å². The van der Waals surface area contributed by atoms with E-state index < -0.39 is 0 Å². The molecule has 1 aliphatic carbocycles. The van der Waals surface area contributed by atoms with E-state index in [0.29, 0.717) is 6.04 Å². The lowest BCUT2D eigenvalue weighted by Gasteiger charge is -2.22. The van der Waals surface area contributed by atoms with Crippen molar-refractivity contribution in [2.45, 2.75) is 51.6 Å². The van der Waals surface area contributed by atoms with E-state index in [1.54, 1.807) is 0 Å². The van der Waals surface area contributed by atoms with Gasteiger partial charge in [-0.05, 0) is 30.4 Å². The van der Waals surface area contributed by atoms with Crippen LogP contribution in [0.25, 0.3) is 0 Å². The molecule has 0 aromatic carbocycles. The van der Waals surface area contributed by atoms with Crippen LogP contribution in [-0.2, 0) is 13.6 Å². The summed E-state index contributed by atoms with van der Waals surface area (Å²) in [6.07, 6.45) is 8.79. The summed E-state index contributed by atoms with van der Waals surface area (Å²) in [5.74, 6) is 0.770. The summed E-state index contributed by atoms with van der Waals surface area (Å²) in [5, 5.41) is 12.6. The maximum absolute atomic E-state index is 8.94. The van der Waals surface area contributed by atoms with Gasteiger partial charge in [0, 0.05) is 25.8 Å². The summed E-state index contributed by atoms with van der Waals surface area (Å²) in [5.41, 5.74) is 1.95. The van der Waals surface area contributed by atoms with E-state index in [1.165, 1.54) is 37.7 Å². The highest BCUT2D eigenvalue weighted by Gasteiger charge is 2.19. The summed E-state index contributed by atoms with van der Waals surface area (Å²) in [7, 11) is 1.93. The van der Waals surface area contributed by atoms with Crippen LogP contribution in [0.15, 0.2) is 12.3 Å². The van der Waals surface area contributed by atoms with Gasteiger partial charge in [-0.1, -0.05) is 26.2 Å². The van der Waals surface area contributed by atoms with Crippen LogP contribution >= 0.6 is 0 Å². The van der Waals surface area contributed by atoms with Gasteiger partial charge >= 0.3 is 0 Å². The Balaban J connectivity index is 1.91. The van der Waals surface area contributed by atoms with Crippen LogP contribution < -0.4 is 5.32 Å². The minimum absolute atomic E-state index is 0.637. The maximum atomic E-state index is 8.94. The second-order valence-electron chi connectivity index (χ2n) is 5.56. The summed E-state index contributed by atoms with van der Waals surface area (Å²) >= 11 is 0. The average Bonchev–Trinajstić information content (AvgIpc) is 2.59. The molecule has 1 heterocycles. The van der Waals surface area contributed by atoms with Crippen LogP contribution in [-0.4, -0.2) is 10.6 Å². The van der Waals surface area contributed by atoms with Gasteiger partial charge in [-0.3, -0.25) is 0 Å². The molecule has 1 aromatic rings. The minimum atomic E-state index is 0.637. The maximum Gasteiger partial charge on any atom is 0.120 e. The zero-order chi connectivity index (χ0) is 13.0. The van der Waals surface area contributed by atoms with Crippen LogP contribution in [0.2, 0.25) is 0 Å². The standard InChI is InChI=1S/C15H23N3/c1-12-6-4-3-5-7-15(12)17-10-13-8-14(9-16)18(2)11-13/h8,11-12,15,17H,3-7,10H2,1-2H3. The first-order chi connectivity index (χ1) is 8.70. The molecule has 1 fully saturated rings. The van der Waals surface area contributed by atoms with Gasteiger partial charge in [0.2, 0.25) is 0 Å². The van der Waals surface area contributed by atoms with Gasteiger partial charge in [0.1, 0.15) is 11.8 Å². The second-order valence-corrected chi connectivity index (χ2v) is 5.56. The Kier molecular flexibility index (Phi) is 4.43. The van der Waals surface area contributed by atoms with E-state index in [0.717, 1.165) is 18.2 Å². The van der Waals surface area contributed by atoms with E-state index >= 15 is 0 Å². The Labute approximate surface area is 110 Å². The number of aryl methyl sites for hydroxylation is 1. The van der Waals surface area contributed by atoms with E-state index in [1.807, 2.05) is 23.9 Å². The monoisotopic (exact) mass is 245 g/mol. The van der Waals surface area contributed by atoms with Gasteiger partial charge in [-0.25, -0.2) is 0 Å². The van der Waals surface area contributed by atoms with Crippen molar-refractivity contribution in [3.05, 3.63) is 23.5 Å². The molecule has 18 heavy (non-hydrogen) atoms. The van der Waals surface area contributed by atoms with Crippen LogP contribution in [0, 0.1) is 17.2 Å². The van der Waals surface area contributed by atoms with E-state index in [9.17, 15) is 0 Å². The van der Waals surface area contributed by atoms with E-state index in [2.05, 4.69) is 18.3 Å². The lowest BCUT2D eigenvalue weighted by molar-refractivity contribution is 0.356. The summed E-state index contributed by atoms with van der Waals surface area (Å²) in [6.45, 7) is 3.24. The molecule has 1 saturated carbocycles. The van der Waals surface area contributed by atoms with Gasteiger partial charge in [0.25, 0.3) is 0 Å². The van der Waals surface area contributed by atoms with Crippen molar-refractivity contribution in [2.75, 3.05) is 0 Å². The number of nitrogens with one attached hydrogen (secondary N) is 1. The molecule has 98 valence electrons. The molecule has 2 atom stereocenters. The lowest BCUT2D eigenvalue weighted by atomic mass is 9.97. The zero-order valence-electron chi connectivity index (χ0n) is 11.4. The third kappa shape index (κ3) is 3.14. The fourth-order valence-corrected chi connectivity index (χ4v) is 2.89. The molecular formula is C15H23N3. The number of nitrogens with zero attached hydrogens (tertiary/aromatic N) is 2. The molecule has 0 saturated heterocycles. The molecule has 0 radical (unpaired) electrons. The Hall–Kier alpha value is -1.27. The number of hydrogen-bond acceptors (Lipinski definition) is 2. The van der Waals surface area contributed by atoms with Gasteiger partial charge < -0.3 is 9.88 Å². The SMILES string of the molecule is CC1CCCCCC1NCc1cc(C#N)n(C)c1. The number of hydrogen-bond donors (Lipinski definition) is 1. The highest BCUT2D eigenvalue weighted by Crippen LogP contribution is 2.23. The first-order valence-corrected chi connectivity index (χ1v) is 6.99. The van der Waals surface area contributed by atoms with Crippen molar-refractivity contribution in [1.29, 1.82) is 5.26 Å². The number of rotatable bonds is 3. The van der Waals surface area contributed by atoms with Crippen molar-refractivity contribution in [2.24, 2.45) is 13.0 Å². The van der Waals surface area contributed by atoms with E-state index in [-0.39, 0.29) is 0 Å². The molecule has 3 nitrogen and oxygen atoms in total. The minimum Gasteiger partial charge on any atom is -0.342 e. The van der Waals surface area contributed by atoms with Crippen LogP contribution in [0.4, 0.5) is 0 Å². The summed E-state index contributed by atoms with van der Waals surface area (Å²) in [6, 6.07) is 4.83. The molecule has 2 unspecified atom stereocenters. The quantitative estimate of drug-likeness (QED) is 0.832. The largest absolute Gasteiger partial charge is 0.342 e. The van der Waals surface area contributed by atoms with Gasteiger partial charge in [-0.15, -0.1) is 0 Å². The summed E-state index contributed by atoms with van der Waals surface area (Å²) in [4.78, 5) is 0. The third-order valence-corrected chi connectivity index (χ3v) is 4.11. The zero-order valence-corrected chi connectivity index (χ0v) is 11.4. The number of aromatic nitrogens is 1. The van der Waals surface area contributed by atoms with E-state index in [4.69, 9.17) is 5.26 Å². The predicted octanol–water partition coefficient (Wildman–Crippen LogP) is 2.96. The highest BCUT2D eigenvalue weighted by molar-refractivity contribution is 5.28. The average molecular weight is 245 g/mol. The Morgan fingerprint density at radius 2 is 2.17 bits per heavy atom. The molecule has 0 aliphatic heterocycles. The first-order valence-electron chi connectivity index (χ1n) is 6.99. The van der Waals surface area contributed by atoms with Crippen LogP contribution in [0.1, 0.15) is 50.3 Å². The van der Waals surface area contributed by atoms with Crippen LogP contribution in [0.5, 0.6) is 0 Å². The number of nitriles is 1. The molecule has 3 heteroatoms. The smallest absolute Gasteiger partial charge is 0.120 e. The van der Waals surface area contributed by atoms with Crippen molar-refractivity contribution in [3.63, 3.8) is 0 Å². The molecule has 2 rings (SSSR count). The molecule has 0 bridgehead atoms. The predicted molar refractivity (Wildman–Crippen MR) is 73.0 cm³/mol. The Morgan fingerprint density at radius 1 is 1.39 bits per heavy atom. The van der Waals surface area contributed by atoms with Gasteiger partial charge in [-0.2, -0.15) is 5.26 Å². The first kappa shape index (κ1) is 13.2. The highest BCUT2D eigenvalue weighted by atomic mass is 15.0. The molecule has 0 spiro atoms. The summed E-state index contributed by atoms with van der Waals surface area (Å²) < 4.78 is 1.90. The molecule has 0 amide bonds. The topological polar surface area (TPSA) is 40.8 Å². The Morgan fingerprint density at radius 3 is 2.89 bits per heavy atom. The fourth-order valence-electron chi connectivity index (χ4n) is 2.89. The van der Waals surface area contributed by atoms with Gasteiger partial charge in [0.05, 0.1) is 0 Å². The lowest BCUT2D eigenvalue weighted by Crippen LogP contribution is -2.33. The molecule has 1 aromatic heterocycles. The normalized spacial score (nSPS) is 24.5.